The highest BCUT2D eigenvalue weighted by atomic mass is 16.5. The van der Waals surface area contributed by atoms with E-state index >= 15 is 0 Å². The van der Waals surface area contributed by atoms with Gasteiger partial charge in [0.05, 0.1) is 25.2 Å². The number of esters is 1. The van der Waals surface area contributed by atoms with Gasteiger partial charge < -0.3 is 20.3 Å². The quantitative estimate of drug-likeness (QED) is 0.0323. The number of rotatable bonds is 44. The number of unbranched alkanes of at least 4 members (excludes halogenated alkanes) is 26. The summed E-state index contributed by atoms with van der Waals surface area (Å²) in [5, 5.41) is 23.7. The molecule has 0 spiro atoms. The van der Waals surface area contributed by atoms with Gasteiger partial charge in [-0.2, -0.15) is 0 Å². The molecule has 0 bridgehead atoms. The average Bonchev–Trinajstić information content (AvgIpc) is 3.22. The number of aliphatic hydroxyl groups is 2. The number of aliphatic hydroxyl groups excluding tert-OH is 2. The van der Waals surface area contributed by atoms with Crippen LogP contribution in [-0.4, -0.2) is 46.9 Å². The standard InChI is InChI=1S/C52H95NO5/c1-4-7-10-13-16-19-22-24-25-27-29-32-35-38-41-44-50(55)49(47-54)53-51(56)46-48(43-40-37-34-31-28-21-18-15-12-9-6-3)58-52(57)45-42-39-36-33-30-26-23-20-17-14-11-8-5-2/h26,30-31,34,36,39-40,43,48-50,54-55H,4-25,27-29,32-33,35,37-38,41-42,44-47H2,1-3H3,(H,53,56)/b30-26-,34-31-,39-36+,43-40+. The van der Waals surface area contributed by atoms with E-state index in [-0.39, 0.29) is 31.3 Å². The molecule has 0 heterocycles. The molecular weight excluding hydrogens is 719 g/mol. The van der Waals surface area contributed by atoms with Gasteiger partial charge in [0, 0.05) is 6.42 Å². The van der Waals surface area contributed by atoms with Crippen LogP contribution in [-0.2, 0) is 14.3 Å². The molecule has 0 aromatic carbocycles. The molecule has 0 fully saturated rings. The van der Waals surface area contributed by atoms with Crippen LogP contribution in [0.15, 0.2) is 48.6 Å². The topological polar surface area (TPSA) is 95.9 Å². The van der Waals surface area contributed by atoms with Crippen molar-refractivity contribution in [1.82, 2.24) is 5.32 Å². The predicted molar refractivity (Wildman–Crippen MR) is 250 cm³/mol. The second kappa shape index (κ2) is 45.9. The third-order valence-corrected chi connectivity index (χ3v) is 11.1. The van der Waals surface area contributed by atoms with Gasteiger partial charge in [-0.15, -0.1) is 0 Å². The summed E-state index contributed by atoms with van der Waals surface area (Å²) < 4.78 is 5.77. The molecular formula is C52H95NO5. The van der Waals surface area contributed by atoms with Crippen LogP contribution in [0.5, 0.6) is 0 Å². The minimum Gasteiger partial charge on any atom is -0.458 e. The number of hydrogen-bond donors (Lipinski definition) is 3. The second-order valence-corrected chi connectivity index (χ2v) is 16.9. The molecule has 0 aromatic heterocycles. The molecule has 338 valence electrons. The minimum atomic E-state index is -0.818. The Morgan fingerprint density at radius 1 is 0.517 bits per heavy atom. The van der Waals surface area contributed by atoms with Gasteiger partial charge in [-0.1, -0.05) is 224 Å². The van der Waals surface area contributed by atoms with Gasteiger partial charge in [-0.3, -0.25) is 9.59 Å². The average molecular weight is 814 g/mol. The summed E-state index contributed by atoms with van der Waals surface area (Å²) in [4.78, 5) is 25.9. The van der Waals surface area contributed by atoms with E-state index in [0.717, 1.165) is 38.5 Å². The van der Waals surface area contributed by atoms with Gasteiger partial charge in [-0.25, -0.2) is 0 Å². The molecule has 0 aliphatic carbocycles. The van der Waals surface area contributed by atoms with Gasteiger partial charge in [0.1, 0.15) is 6.10 Å². The van der Waals surface area contributed by atoms with Crippen molar-refractivity contribution in [3.8, 4) is 0 Å². The Kier molecular flexibility index (Phi) is 44.2. The minimum absolute atomic E-state index is 0.0505. The SMILES string of the molecule is CCCCCCCC/C=C\C/C=C/CCC(=O)OC(/C=C/C/C=C\CCCCCCCC)CC(=O)NC(CO)C(O)CCCCCCCCCCCCCCCCC. The van der Waals surface area contributed by atoms with E-state index in [1.54, 1.807) is 6.08 Å². The van der Waals surface area contributed by atoms with E-state index in [9.17, 15) is 19.8 Å². The Hall–Kier alpha value is -2.18. The molecule has 0 rings (SSSR count). The van der Waals surface area contributed by atoms with Crippen molar-refractivity contribution in [3.05, 3.63) is 48.6 Å². The molecule has 0 aromatic rings. The lowest BCUT2D eigenvalue weighted by Crippen LogP contribution is -2.46. The molecule has 6 heteroatoms. The molecule has 0 aliphatic rings. The van der Waals surface area contributed by atoms with Gasteiger partial charge in [-0.05, 0) is 57.4 Å². The van der Waals surface area contributed by atoms with Crippen molar-refractivity contribution in [2.75, 3.05) is 6.61 Å². The van der Waals surface area contributed by atoms with E-state index in [2.05, 4.69) is 56.5 Å². The Bertz CT molecular complexity index is 1000. The smallest absolute Gasteiger partial charge is 0.306 e. The van der Waals surface area contributed by atoms with Gasteiger partial charge in [0.2, 0.25) is 5.91 Å². The first kappa shape index (κ1) is 55.8. The first-order valence-corrected chi connectivity index (χ1v) is 24.9. The molecule has 0 saturated carbocycles. The highest BCUT2D eigenvalue weighted by Gasteiger charge is 2.23. The maximum atomic E-state index is 13.1. The maximum Gasteiger partial charge on any atom is 0.306 e. The fourth-order valence-electron chi connectivity index (χ4n) is 7.33. The molecule has 3 atom stereocenters. The third-order valence-electron chi connectivity index (χ3n) is 11.1. The van der Waals surface area contributed by atoms with Crippen LogP contribution in [0.3, 0.4) is 0 Å². The molecule has 3 unspecified atom stereocenters. The van der Waals surface area contributed by atoms with Crippen molar-refractivity contribution in [2.45, 2.75) is 264 Å². The monoisotopic (exact) mass is 814 g/mol. The van der Waals surface area contributed by atoms with E-state index < -0.39 is 18.2 Å². The van der Waals surface area contributed by atoms with Crippen molar-refractivity contribution in [2.24, 2.45) is 0 Å². The normalized spacial score (nSPS) is 13.7. The van der Waals surface area contributed by atoms with Gasteiger partial charge in [0.25, 0.3) is 0 Å². The zero-order chi connectivity index (χ0) is 42.4. The van der Waals surface area contributed by atoms with Crippen LogP contribution >= 0.6 is 0 Å². The fraction of sp³-hybridized carbons (Fsp3) is 0.808. The highest BCUT2D eigenvalue weighted by molar-refractivity contribution is 5.78. The first-order chi connectivity index (χ1) is 28.5. The van der Waals surface area contributed by atoms with Gasteiger partial charge >= 0.3 is 5.97 Å². The van der Waals surface area contributed by atoms with Crippen LogP contribution < -0.4 is 5.32 Å². The van der Waals surface area contributed by atoms with E-state index in [4.69, 9.17) is 4.74 Å². The predicted octanol–water partition coefficient (Wildman–Crippen LogP) is 14.7. The van der Waals surface area contributed by atoms with Crippen LogP contribution in [0, 0.1) is 0 Å². The Labute approximate surface area is 359 Å². The fourth-order valence-corrected chi connectivity index (χ4v) is 7.33. The van der Waals surface area contributed by atoms with Crippen LogP contribution in [0.1, 0.15) is 245 Å². The summed E-state index contributed by atoms with van der Waals surface area (Å²) in [6.45, 7) is 6.42. The second-order valence-electron chi connectivity index (χ2n) is 16.9. The Morgan fingerprint density at radius 2 is 0.914 bits per heavy atom. The Morgan fingerprint density at radius 3 is 1.36 bits per heavy atom. The van der Waals surface area contributed by atoms with Crippen molar-refractivity contribution < 1.29 is 24.5 Å². The number of nitrogens with one attached hydrogen (secondary N) is 1. The molecule has 0 aliphatic heterocycles. The highest BCUT2D eigenvalue weighted by Crippen LogP contribution is 2.16. The molecule has 58 heavy (non-hydrogen) atoms. The summed E-state index contributed by atoms with van der Waals surface area (Å²) in [6, 6.07) is -0.741. The number of ether oxygens (including phenoxy) is 1. The zero-order valence-electron chi connectivity index (χ0n) is 38.4. The maximum absolute atomic E-state index is 13.1. The largest absolute Gasteiger partial charge is 0.458 e. The number of amides is 1. The molecule has 1 amide bonds. The van der Waals surface area contributed by atoms with E-state index in [0.29, 0.717) is 19.3 Å². The van der Waals surface area contributed by atoms with E-state index in [1.165, 1.54) is 154 Å². The number of hydrogen-bond acceptors (Lipinski definition) is 5. The zero-order valence-corrected chi connectivity index (χ0v) is 38.4. The molecule has 0 radical (unpaired) electrons. The summed E-state index contributed by atoms with van der Waals surface area (Å²) in [5.41, 5.74) is 0. The lowest BCUT2D eigenvalue weighted by atomic mass is 10.0. The number of allylic oxidation sites excluding steroid dienone is 7. The lowest BCUT2D eigenvalue weighted by molar-refractivity contribution is -0.148. The first-order valence-electron chi connectivity index (χ1n) is 24.9. The summed E-state index contributed by atoms with van der Waals surface area (Å²) in [6.07, 6.45) is 55.0. The lowest BCUT2D eigenvalue weighted by Gasteiger charge is -2.23. The Balaban J connectivity index is 4.66. The van der Waals surface area contributed by atoms with Gasteiger partial charge in [0.15, 0.2) is 0 Å². The number of carbonyl (C=O) groups excluding carboxylic acids is 2. The van der Waals surface area contributed by atoms with Crippen molar-refractivity contribution in [3.63, 3.8) is 0 Å². The van der Waals surface area contributed by atoms with Crippen LogP contribution in [0.2, 0.25) is 0 Å². The number of carbonyl (C=O) groups is 2. The van der Waals surface area contributed by atoms with Crippen LogP contribution in [0.25, 0.3) is 0 Å². The molecule has 6 nitrogen and oxygen atoms in total. The van der Waals surface area contributed by atoms with Crippen molar-refractivity contribution in [1.29, 1.82) is 0 Å². The summed E-state index contributed by atoms with van der Waals surface area (Å²) in [5.74, 6) is -0.681. The van der Waals surface area contributed by atoms with Crippen LogP contribution in [0.4, 0.5) is 0 Å². The summed E-state index contributed by atoms with van der Waals surface area (Å²) in [7, 11) is 0. The third kappa shape index (κ3) is 40.6. The van der Waals surface area contributed by atoms with E-state index in [1.807, 2.05) is 12.2 Å². The summed E-state index contributed by atoms with van der Waals surface area (Å²) >= 11 is 0. The molecule has 3 N–H and O–H groups in total. The van der Waals surface area contributed by atoms with Crippen molar-refractivity contribution >= 4 is 11.9 Å². The molecule has 0 saturated heterocycles.